The maximum atomic E-state index is 12.4. The van der Waals surface area contributed by atoms with Crippen molar-refractivity contribution in [3.8, 4) is 0 Å². The number of nitrogens with one attached hydrogen (secondary N) is 1. The highest BCUT2D eigenvalue weighted by Crippen LogP contribution is 2.33. The molecule has 1 aromatic carbocycles. The molecular weight excluding hydrogens is 300 g/mol. The van der Waals surface area contributed by atoms with Crippen molar-refractivity contribution in [2.75, 3.05) is 11.9 Å². The fourth-order valence-electron chi connectivity index (χ4n) is 1.19. The van der Waals surface area contributed by atoms with Crippen LogP contribution in [-0.4, -0.2) is 23.9 Å². The van der Waals surface area contributed by atoms with Crippen LogP contribution >= 0.6 is 11.6 Å². The molecule has 1 aromatic rings. The standard InChI is InChI=1S/C10H8ClF6NO/c11-6-1-5(9(12,13)14)2-7(3-6)18-4-8(19)10(15,16)17/h1-3,8,18-19H,4H2. The van der Waals surface area contributed by atoms with Gasteiger partial charge in [-0.25, -0.2) is 0 Å². The normalized spacial score (nSPS) is 14.3. The summed E-state index contributed by atoms with van der Waals surface area (Å²) in [6.07, 6.45) is -12.2. The van der Waals surface area contributed by atoms with Crippen molar-refractivity contribution in [3.63, 3.8) is 0 Å². The number of hydrogen-bond acceptors (Lipinski definition) is 2. The highest BCUT2D eigenvalue weighted by atomic mass is 35.5. The second-order valence-electron chi connectivity index (χ2n) is 3.66. The van der Waals surface area contributed by atoms with E-state index in [1.165, 1.54) is 0 Å². The Morgan fingerprint density at radius 2 is 1.68 bits per heavy atom. The van der Waals surface area contributed by atoms with E-state index in [0.29, 0.717) is 12.1 Å². The molecular formula is C10H8ClF6NO. The summed E-state index contributed by atoms with van der Waals surface area (Å²) in [5, 5.41) is 10.5. The fraction of sp³-hybridized carbons (Fsp3) is 0.400. The second-order valence-corrected chi connectivity index (χ2v) is 4.10. The van der Waals surface area contributed by atoms with Gasteiger partial charge in [-0.2, -0.15) is 26.3 Å². The monoisotopic (exact) mass is 307 g/mol. The van der Waals surface area contributed by atoms with E-state index in [1.54, 1.807) is 0 Å². The van der Waals surface area contributed by atoms with Crippen molar-refractivity contribution in [1.82, 2.24) is 0 Å². The number of aliphatic hydroxyl groups is 1. The van der Waals surface area contributed by atoms with Gasteiger partial charge in [0.15, 0.2) is 6.10 Å². The zero-order valence-corrected chi connectivity index (χ0v) is 9.87. The van der Waals surface area contributed by atoms with Crippen LogP contribution < -0.4 is 5.32 Å². The van der Waals surface area contributed by atoms with Crippen LogP contribution in [0.25, 0.3) is 0 Å². The predicted molar refractivity (Wildman–Crippen MR) is 57.0 cm³/mol. The Morgan fingerprint density at radius 1 is 1.11 bits per heavy atom. The molecule has 2 nitrogen and oxygen atoms in total. The minimum atomic E-state index is -4.85. The second kappa shape index (κ2) is 5.46. The first-order chi connectivity index (χ1) is 8.50. The predicted octanol–water partition coefficient (Wildman–Crippen LogP) is 3.69. The van der Waals surface area contributed by atoms with Gasteiger partial charge in [0.05, 0.1) is 5.56 Å². The maximum absolute atomic E-state index is 12.4. The summed E-state index contributed by atoms with van der Waals surface area (Å²) in [5.74, 6) is 0. The molecule has 0 aliphatic rings. The lowest BCUT2D eigenvalue weighted by Gasteiger charge is -2.16. The van der Waals surface area contributed by atoms with E-state index in [9.17, 15) is 26.3 Å². The van der Waals surface area contributed by atoms with Gasteiger partial charge in [0.1, 0.15) is 0 Å². The SMILES string of the molecule is OC(CNc1cc(Cl)cc(C(F)(F)F)c1)C(F)(F)F. The average molecular weight is 308 g/mol. The van der Waals surface area contributed by atoms with Gasteiger partial charge in [-0.15, -0.1) is 0 Å². The molecule has 0 amide bonds. The highest BCUT2D eigenvalue weighted by molar-refractivity contribution is 6.30. The minimum absolute atomic E-state index is 0.261. The van der Waals surface area contributed by atoms with E-state index in [0.717, 1.165) is 6.07 Å². The van der Waals surface area contributed by atoms with Crippen LogP contribution in [0.15, 0.2) is 18.2 Å². The minimum Gasteiger partial charge on any atom is -0.382 e. The summed E-state index contributed by atoms with van der Waals surface area (Å²) in [4.78, 5) is 0. The quantitative estimate of drug-likeness (QED) is 0.835. The average Bonchev–Trinajstić information content (AvgIpc) is 2.22. The van der Waals surface area contributed by atoms with E-state index >= 15 is 0 Å². The summed E-state index contributed by atoms with van der Waals surface area (Å²) >= 11 is 5.44. The molecule has 0 saturated heterocycles. The van der Waals surface area contributed by atoms with Crippen molar-refractivity contribution in [3.05, 3.63) is 28.8 Å². The van der Waals surface area contributed by atoms with Gasteiger partial charge in [0.25, 0.3) is 0 Å². The first-order valence-corrected chi connectivity index (χ1v) is 5.24. The third-order valence-corrected chi connectivity index (χ3v) is 2.32. The van der Waals surface area contributed by atoms with Crippen molar-refractivity contribution in [1.29, 1.82) is 0 Å². The summed E-state index contributed by atoms with van der Waals surface area (Å²) in [6.45, 7) is -0.971. The van der Waals surface area contributed by atoms with E-state index in [-0.39, 0.29) is 10.7 Å². The van der Waals surface area contributed by atoms with Crippen LogP contribution in [0.3, 0.4) is 0 Å². The number of rotatable bonds is 3. The molecule has 0 aliphatic carbocycles. The Balaban J connectivity index is 2.83. The van der Waals surface area contributed by atoms with E-state index in [1.807, 2.05) is 5.32 Å². The lowest BCUT2D eigenvalue weighted by Crippen LogP contribution is -2.35. The highest BCUT2D eigenvalue weighted by Gasteiger charge is 2.38. The largest absolute Gasteiger partial charge is 0.416 e. The molecule has 0 bridgehead atoms. The van der Waals surface area contributed by atoms with Gasteiger partial charge >= 0.3 is 12.4 Å². The van der Waals surface area contributed by atoms with Gasteiger partial charge in [-0.1, -0.05) is 11.6 Å². The van der Waals surface area contributed by atoms with Gasteiger partial charge in [0.2, 0.25) is 0 Å². The molecule has 2 N–H and O–H groups in total. The summed E-state index contributed by atoms with van der Waals surface area (Å²) in [7, 11) is 0. The molecule has 0 aromatic heterocycles. The maximum Gasteiger partial charge on any atom is 0.416 e. The number of alkyl halides is 6. The first kappa shape index (κ1) is 15.9. The molecule has 108 valence electrons. The van der Waals surface area contributed by atoms with Crippen molar-refractivity contribution >= 4 is 17.3 Å². The molecule has 9 heteroatoms. The molecule has 0 fully saturated rings. The zero-order valence-electron chi connectivity index (χ0n) is 9.11. The van der Waals surface area contributed by atoms with Crippen LogP contribution in [0.5, 0.6) is 0 Å². The molecule has 0 aliphatic heterocycles. The smallest absolute Gasteiger partial charge is 0.382 e. The summed E-state index contributed by atoms with van der Waals surface area (Å²) < 4.78 is 73.3. The lowest BCUT2D eigenvalue weighted by molar-refractivity contribution is -0.198. The molecule has 0 heterocycles. The summed E-state index contributed by atoms with van der Waals surface area (Å²) in [5.41, 5.74) is -1.35. The van der Waals surface area contributed by atoms with Crippen LogP contribution in [0, 0.1) is 0 Å². The number of halogens is 7. The van der Waals surface area contributed by atoms with Crippen LogP contribution in [-0.2, 0) is 6.18 Å². The van der Waals surface area contributed by atoms with Crippen LogP contribution in [0.4, 0.5) is 32.0 Å². The Bertz CT molecular complexity index is 445. The zero-order chi connectivity index (χ0) is 14.8. The van der Waals surface area contributed by atoms with Gasteiger partial charge in [-0.05, 0) is 18.2 Å². The molecule has 19 heavy (non-hydrogen) atoms. The van der Waals surface area contributed by atoms with Crippen molar-refractivity contribution < 1.29 is 31.4 Å². The Kier molecular flexibility index (Phi) is 4.57. The third-order valence-electron chi connectivity index (χ3n) is 2.10. The number of benzene rings is 1. The number of aliphatic hydroxyl groups excluding tert-OH is 1. The topological polar surface area (TPSA) is 32.3 Å². The van der Waals surface area contributed by atoms with E-state index in [4.69, 9.17) is 16.7 Å². The van der Waals surface area contributed by atoms with E-state index < -0.39 is 30.6 Å². The molecule has 0 radical (unpaired) electrons. The van der Waals surface area contributed by atoms with Gasteiger partial charge < -0.3 is 10.4 Å². The molecule has 1 unspecified atom stereocenters. The van der Waals surface area contributed by atoms with Crippen LogP contribution in [0.1, 0.15) is 5.56 Å². The van der Waals surface area contributed by atoms with Gasteiger partial charge in [0, 0.05) is 17.3 Å². The van der Waals surface area contributed by atoms with Crippen molar-refractivity contribution in [2.45, 2.75) is 18.5 Å². The fourth-order valence-corrected chi connectivity index (χ4v) is 1.42. The van der Waals surface area contributed by atoms with Gasteiger partial charge in [-0.3, -0.25) is 0 Å². The van der Waals surface area contributed by atoms with Crippen LogP contribution in [0.2, 0.25) is 5.02 Å². The van der Waals surface area contributed by atoms with Crippen molar-refractivity contribution in [2.24, 2.45) is 0 Å². The summed E-state index contributed by atoms with van der Waals surface area (Å²) in [6, 6.07) is 2.28. The Morgan fingerprint density at radius 3 is 2.16 bits per heavy atom. The Labute approximate surface area is 109 Å². The molecule has 1 atom stereocenters. The lowest BCUT2D eigenvalue weighted by atomic mass is 10.2. The molecule has 0 saturated carbocycles. The molecule has 0 spiro atoms. The number of anilines is 1. The first-order valence-electron chi connectivity index (χ1n) is 4.86. The number of hydrogen-bond donors (Lipinski definition) is 2. The molecule has 1 rings (SSSR count). The Hall–Kier alpha value is -1.15. The van der Waals surface area contributed by atoms with E-state index in [2.05, 4.69) is 0 Å². The third kappa shape index (κ3) is 4.79.